The van der Waals surface area contributed by atoms with Crippen molar-refractivity contribution in [2.75, 3.05) is 24.6 Å². The van der Waals surface area contributed by atoms with Crippen LogP contribution in [0.2, 0.25) is 0 Å². The van der Waals surface area contributed by atoms with E-state index in [9.17, 15) is 4.79 Å². The van der Waals surface area contributed by atoms with Gasteiger partial charge in [0.2, 0.25) is 0 Å². The van der Waals surface area contributed by atoms with Crippen molar-refractivity contribution in [1.29, 1.82) is 0 Å². The van der Waals surface area contributed by atoms with Crippen LogP contribution in [0.3, 0.4) is 0 Å². The largest absolute Gasteiger partial charge is 0.382 e. The number of thiazole rings is 1. The van der Waals surface area contributed by atoms with Gasteiger partial charge >= 0.3 is 0 Å². The Labute approximate surface area is 125 Å². The van der Waals surface area contributed by atoms with Crippen LogP contribution in [0.25, 0.3) is 0 Å². The van der Waals surface area contributed by atoms with Gasteiger partial charge in [0.05, 0.1) is 0 Å². The number of nitrogens with two attached hydrogens (primary N) is 1. The van der Waals surface area contributed by atoms with Gasteiger partial charge in [0, 0.05) is 13.6 Å². The van der Waals surface area contributed by atoms with Crippen molar-refractivity contribution in [2.24, 2.45) is 5.92 Å². The number of anilines is 2. The van der Waals surface area contributed by atoms with Crippen LogP contribution in [-0.2, 0) is 0 Å². The molecule has 1 amide bonds. The molecule has 0 fully saturated rings. The number of carbonyl (C=O) groups is 1. The van der Waals surface area contributed by atoms with Crippen molar-refractivity contribution >= 4 is 28.2 Å². The van der Waals surface area contributed by atoms with Crippen LogP contribution < -0.4 is 16.4 Å². The van der Waals surface area contributed by atoms with Crippen LogP contribution in [0.15, 0.2) is 0 Å². The summed E-state index contributed by atoms with van der Waals surface area (Å²) in [5, 5.41) is 6.46. The van der Waals surface area contributed by atoms with Crippen LogP contribution in [0, 0.1) is 5.92 Å². The molecule has 0 aromatic carbocycles. The van der Waals surface area contributed by atoms with Gasteiger partial charge in [-0.1, -0.05) is 50.9 Å². The minimum atomic E-state index is -0.122. The van der Waals surface area contributed by atoms with Crippen LogP contribution in [-0.4, -0.2) is 24.5 Å². The van der Waals surface area contributed by atoms with E-state index < -0.39 is 0 Å². The van der Waals surface area contributed by atoms with Crippen molar-refractivity contribution < 1.29 is 4.79 Å². The highest BCUT2D eigenvalue weighted by Gasteiger charge is 2.14. The summed E-state index contributed by atoms with van der Waals surface area (Å²) in [6.45, 7) is 5.20. The van der Waals surface area contributed by atoms with Gasteiger partial charge in [-0.2, -0.15) is 0 Å². The van der Waals surface area contributed by atoms with Gasteiger partial charge in [-0.05, 0) is 12.3 Å². The van der Waals surface area contributed by atoms with Gasteiger partial charge in [0.1, 0.15) is 10.7 Å². The summed E-state index contributed by atoms with van der Waals surface area (Å²) < 4.78 is 0. The van der Waals surface area contributed by atoms with E-state index in [1.807, 2.05) is 0 Å². The molecule has 0 atom stereocenters. The molecule has 0 aliphatic carbocycles. The van der Waals surface area contributed by atoms with Crippen LogP contribution >= 0.6 is 11.3 Å². The van der Waals surface area contributed by atoms with Gasteiger partial charge in [-0.15, -0.1) is 0 Å². The second-order valence-corrected chi connectivity index (χ2v) is 6.34. The van der Waals surface area contributed by atoms with Gasteiger partial charge < -0.3 is 16.4 Å². The fourth-order valence-corrected chi connectivity index (χ4v) is 2.67. The van der Waals surface area contributed by atoms with Crippen molar-refractivity contribution in [3.63, 3.8) is 0 Å². The lowest BCUT2D eigenvalue weighted by Crippen LogP contribution is -2.24. The van der Waals surface area contributed by atoms with Crippen LogP contribution in [0.1, 0.15) is 55.6 Å². The quantitative estimate of drug-likeness (QED) is 0.612. The molecule has 4 N–H and O–H groups in total. The summed E-state index contributed by atoms with van der Waals surface area (Å²) >= 11 is 1.28. The molecule has 0 unspecified atom stereocenters. The zero-order chi connectivity index (χ0) is 15.0. The molecule has 0 aliphatic rings. The summed E-state index contributed by atoms with van der Waals surface area (Å²) in [6.07, 6.45) is 5.98. The number of hydrogen-bond acceptors (Lipinski definition) is 5. The number of nitrogens with zero attached hydrogens (tertiary/aromatic N) is 1. The first-order valence-electron chi connectivity index (χ1n) is 7.26. The fourth-order valence-electron chi connectivity index (χ4n) is 1.91. The van der Waals surface area contributed by atoms with E-state index in [0.717, 1.165) is 18.8 Å². The summed E-state index contributed by atoms with van der Waals surface area (Å²) in [6, 6.07) is 0. The van der Waals surface area contributed by atoms with E-state index in [-0.39, 0.29) is 5.91 Å². The number of nitrogens with one attached hydrogen (secondary N) is 2. The Morgan fingerprint density at radius 2 is 2.00 bits per heavy atom. The summed E-state index contributed by atoms with van der Waals surface area (Å²) in [4.78, 5) is 16.5. The highest BCUT2D eigenvalue weighted by Crippen LogP contribution is 2.24. The van der Waals surface area contributed by atoms with E-state index >= 15 is 0 Å². The van der Waals surface area contributed by atoms with E-state index in [2.05, 4.69) is 29.5 Å². The first kappa shape index (κ1) is 16.8. The maximum atomic E-state index is 11.9. The molecule has 0 saturated heterocycles. The zero-order valence-corrected chi connectivity index (χ0v) is 13.5. The monoisotopic (exact) mass is 298 g/mol. The van der Waals surface area contributed by atoms with Crippen molar-refractivity contribution in [3.05, 3.63) is 4.88 Å². The lowest BCUT2D eigenvalue weighted by atomic mass is 10.0. The fraction of sp³-hybridized carbons (Fsp3) is 0.714. The third kappa shape index (κ3) is 5.77. The Kier molecular flexibility index (Phi) is 7.36. The van der Waals surface area contributed by atoms with E-state index in [1.165, 1.54) is 30.6 Å². The number of nitrogen functional groups attached to an aromatic ring is 1. The molecule has 114 valence electrons. The highest BCUT2D eigenvalue weighted by atomic mass is 32.1. The molecule has 0 radical (unpaired) electrons. The molecule has 1 aromatic rings. The van der Waals surface area contributed by atoms with Gasteiger partial charge in [-0.3, -0.25) is 4.79 Å². The molecule has 1 aromatic heterocycles. The first-order valence-corrected chi connectivity index (χ1v) is 8.08. The molecule has 0 bridgehead atoms. The van der Waals surface area contributed by atoms with Crippen molar-refractivity contribution in [1.82, 2.24) is 10.3 Å². The zero-order valence-electron chi connectivity index (χ0n) is 12.7. The minimum Gasteiger partial charge on any atom is -0.382 e. The second-order valence-electron chi connectivity index (χ2n) is 5.34. The van der Waals surface area contributed by atoms with E-state index in [0.29, 0.717) is 22.4 Å². The van der Waals surface area contributed by atoms with Gasteiger partial charge in [-0.25, -0.2) is 4.98 Å². The Balaban J connectivity index is 2.18. The Hall–Kier alpha value is -1.30. The molecule has 0 saturated carbocycles. The smallest absolute Gasteiger partial charge is 0.265 e. The lowest BCUT2D eigenvalue weighted by Gasteiger charge is -2.05. The molecule has 6 heteroatoms. The Morgan fingerprint density at radius 3 is 2.60 bits per heavy atom. The average molecular weight is 298 g/mol. The maximum absolute atomic E-state index is 11.9. The van der Waals surface area contributed by atoms with Gasteiger partial charge in [0.25, 0.3) is 5.91 Å². The standard InChI is InChI=1S/C14H26N4OS/c1-10(2)8-6-4-5-7-9-17-13(19)11-12(15)18-14(16-3)20-11/h10H,4-9,15H2,1-3H3,(H,16,18)(H,17,19). The third-order valence-corrected chi connectivity index (χ3v) is 4.15. The lowest BCUT2D eigenvalue weighted by molar-refractivity contribution is 0.0957. The number of amides is 1. The predicted octanol–water partition coefficient (Wildman–Crippen LogP) is 3.10. The van der Waals surface area contributed by atoms with Gasteiger partial charge in [0.15, 0.2) is 5.13 Å². The maximum Gasteiger partial charge on any atom is 0.265 e. The molecule has 0 spiro atoms. The summed E-state index contributed by atoms with van der Waals surface area (Å²) in [5.41, 5.74) is 5.71. The molecule has 0 aliphatic heterocycles. The minimum absolute atomic E-state index is 0.122. The molecule has 20 heavy (non-hydrogen) atoms. The highest BCUT2D eigenvalue weighted by molar-refractivity contribution is 7.18. The topological polar surface area (TPSA) is 80.0 Å². The number of hydrogen-bond donors (Lipinski definition) is 3. The number of unbranched alkanes of at least 4 members (excludes halogenated alkanes) is 3. The molecule has 1 heterocycles. The van der Waals surface area contributed by atoms with Crippen molar-refractivity contribution in [2.45, 2.75) is 46.0 Å². The molecule has 5 nitrogen and oxygen atoms in total. The number of rotatable bonds is 9. The average Bonchev–Trinajstić information content (AvgIpc) is 2.78. The molecular weight excluding hydrogens is 272 g/mol. The summed E-state index contributed by atoms with van der Waals surface area (Å²) in [7, 11) is 1.76. The predicted molar refractivity (Wildman–Crippen MR) is 86.3 cm³/mol. The summed E-state index contributed by atoms with van der Waals surface area (Å²) in [5.74, 6) is 0.961. The Bertz CT molecular complexity index is 417. The second kappa shape index (κ2) is 8.79. The Morgan fingerprint density at radius 1 is 1.30 bits per heavy atom. The first-order chi connectivity index (χ1) is 9.54. The molecule has 1 rings (SSSR count). The van der Waals surface area contributed by atoms with Crippen LogP contribution in [0.4, 0.5) is 10.9 Å². The number of aromatic nitrogens is 1. The van der Waals surface area contributed by atoms with Crippen molar-refractivity contribution in [3.8, 4) is 0 Å². The van der Waals surface area contributed by atoms with E-state index in [1.54, 1.807) is 7.05 Å². The SMILES string of the molecule is CNc1nc(N)c(C(=O)NCCCCCCC(C)C)s1. The molecular formula is C14H26N4OS. The normalized spacial score (nSPS) is 10.8. The van der Waals surface area contributed by atoms with E-state index in [4.69, 9.17) is 5.73 Å². The third-order valence-electron chi connectivity index (χ3n) is 3.07. The number of carbonyl (C=O) groups excluding carboxylic acids is 1. The van der Waals surface area contributed by atoms with Crippen LogP contribution in [0.5, 0.6) is 0 Å².